The van der Waals surface area contributed by atoms with Crippen molar-refractivity contribution in [2.45, 2.75) is 6.61 Å². The van der Waals surface area contributed by atoms with Crippen LogP contribution >= 0.6 is 27.5 Å². The maximum Gasteiger partial charge on any atom is 0.323 e. The molecule has 110 valence electrons. The van der Waals surface area contributed by atoms with Crippen LogP contribution in [0.3, 0.4) is 0 Å². The first kappa shape index (κ1) is 15.8. The van der Waals surface area contributed by atoms with Gasteiger partial charge in [-0.25, -0.2) is 9.18 Å². The predicted octanol–water partition coefficient (Wildman–Crippen LogP) is 4.38. The molecule has 0 atom stereocenters. The topological polar surface area (TPSA) is 61.4 Å². The van der Waals surface area contributed by atoms with Crippen molar-refractivity contribution < 1.29 is 14.3 Å². The Morgan fingerprint density at radius 3 is 2.71 bits per heavy atom. The number of amides is 2. The molecule has 0 aliphatic heterocycles. The van der Waals surface area contributed by atoms with Gasteiger partial charge in [-0.2, -0.15) is 0 Å². The summed E-state index contributed by atoms with van der Waals surface area (Å²) in [6.45, 7) is -0.305. The molecule has 2 amide bonds. The number of urea groups is 1. The minimum absolute atomic E-state index is 0.298. The standard InChI is InChI=1S/C14H11BrClFN2O2/c15-8-4-9(17)6-10(5-8)18-14(21)19-13-3-1-2-12(16)11(13)7-20/h1-6,20H,7H2,(H2,18,19,21). The Kier molecular flexibility index (Phi) is 5.17. The maximum atomic E-state index is 13.2. The molecule has 0 saturated heterocycles. The number of carbonyl (C=O) groups excluding carboxylic acids is 1. The molecule has 2 rings (SSSR count). The Labute approximate surface area is 134 Å². The number of carbonyl (C=O) groups is 1. The number of nitrogens with one attached hydrogen (secondary N) is 2. The molecule has 0 spiro atoms. The zero-order valence-corrected chi connectivity index (χ0v) is 13.0. The summed E-state index contributed by atoms with van der Waals surface area (Å²) >= 11 is 9.07. The number of aliphatic hydroxyl groups is 1. The lowest BCUT2D eigenvalue weighted by molar-refractivity contribution is 0.262. The first-order chi connectivity index (χ1) is 9.99. The minimum Gasteiger partial charge on any atom is -0.392 e. The van der Waals surface area contributed by atoms with Gasteiger partial charge in [0.15, 0.2) is 0 Å². The number of halogens is 3. The zero-order chi connectivity index (χ0) is 15.4. The van der Waals surface area contributed by atoms with Crippen LogP contribution in [0.5, 0.6) is 0 Å². The van der Waals surface area contributed by atoms with Gasteiger partial charge in [-0.1, -0.05) is 33.6 Å². The van der Waals surface area contributed by atoms with Crippen molar-refractivity contribution in [3.05, 3.63) is 57.3 Å². The van der Waals surface area contributed by atoms with Crippen LogP contribution in [-0.4, -0.2) is 11.1 Å². The van der Waals surface area contributed by atoms with Crippen LogP contribution in [-0.2, 0) is 6.61 Å². The van der Waals surface area contributed by atoms with E-state index < -0.39 is 11.8 Å². The molecule has 0 aliphatic rings. The van der Waals surface area contributed by atoms with Gasteiger partial charge in [-0.05, 0) is 30.3 Å². The summed E-state index contributed by atoms with van der Waals surface area (Å²) in [6.07, 6.45) is 0. The molecule has 0 bridgehead atoms. The first-order valence-corrected chi connectivity index (χ1v) is 7.09. The lowest BCUT2D eigenvalue weighted by atomic mass is 10.2. The van der Waals surface area contributed by atoms with E-state index in [4.69, 9.17) is 11.6 Å². The lowest BCUT2D eigenvalue weighted by Crippen LogP contribution is -2.20. The van der Waals surface area contributed by atoms with Crippen LogP contribution in [0.4, 0.5) is 20.6 Å². The Bertz CT molecular complexity index is 662. The number of rotatable bonds is 3. The molecule has 0 saturated carbocycles. The summed E-state index contributed by atoms with van der Waals surface area (Å²) in [5.74, 6) is -0.474. The van der Waals surface area contributed by atoms with Crippen LogP contribution < -0.4 is 10.6 Å². The first-order valence-electron chi connectivity index (χ1n) is 5.92. The zero-order valence-electron chi connectivity index (χ0n) is 10.7. The molecule has 0 aromatic heterocycles. The van der Waals surface area contributed by atoms with E-state index in [-0.39, 0.29) is 6.61 Å². The number of hydrogen-bond donors (Lipinski definition) is 3. The molecule has 21 heavy (non-hydrogen) atoms. The van der Waals surface area contributed by atoms with Crippen molar-refractivity contribution in [2.24, 2.45) is 0 Å². The van der Waals surface area contributed by atoms with Crippen molar-refractivity contribution >= 4 is 44.9 Å². The van der Waals surface area contributed by atoms with E-state index in [0.717, 1.165) is 0 Å². The fourth-order valence-corrected chi connectivity index (χ4v) is 2.45. The largest absolute Gasteiger partial charge is 0.392 e. The maximum absolute atomic E-state index is 13.2. The van der Waals surface area contributed by atoms with E-state index in [9.17, 15) is 14.3 Å². The normalized spacial score (nSPS) is 10.3. The molecular formula is C14H11BrClFN2O2. The number of benzene rings is 2. The summed E-state index contributed by atoms with van der Waals surface area (Å²) in [6, 6.07) is 8.34. The molecule has 0 radical (unpaired) electrons. The second kappa shape index (κ2) is 6.89. The van der Waals surface area contributed by atoms with E-state index in [1.807, 2.05) is 0 Å². The molecule has 4 nitrogen and oxygen atoms in total. The fourth-order valence-electron chi connectivity index (χ4n) is 1.75. The van der Waals surface area contributed by atoms with Gasteiger partial charge in [0.2, 0.25) is 0 Å². The summed E-state index contributed by atoms with van der Waals surface area (Å²) in [5.41, 5.74) is 1.10. The van der Waals surface area contributed by atoms with Gasteiger partial charge in [-0.15, -0.1) is 0 Å². The van der Waals surface area contributed by atoms with E-state index in [1.54, 1.807) is 24.3 Å². The molecule has 0 heterocycles. The Morgan fingerprint density at radius 1 is 1.29 bits per heavy atom. The van der Waals surface area contributed by atoms with Gasteiger partial charge < -0.3 is 15.7 Å². The third-order valence-corrected chi connectivity index (χ3v) is 3.46. The summed E-state index contributed by atoms with van der Waals surface area (Å²) in [7, 11) is 0. The molecule has 2 aromatic rings. The lowest BCUT2D eigenvalue weighted by Gasteiger charge is -2.12. The Morgan fingerprint density at radius 2 is 2.05 bits per heavy atom. The van der Waals surface area contributed by atoms with Crippen LogP contribution in [0.2, 0.25) is 5.02 Å². The summed E-state index contributed by atoms with van der Waals surface area (Å²) in [5, 5.41) is 14.7. The average molecular weight is 374 g/mol. The molecule has 0 fully saturated rings. The van der Waals surface area contributed by atoms with Crippen molar-refractivity contribution in [3.8, 4) is 0 Å². The summed E-state index contributed by atoms with van der Waals surface area (Å²) < 4.78 is 13.7. The van der Waals surface area contributed by atoms with Gasteiger partial charge >= 0.3 is 6.03 Å². The highest BCUT2D eigenvalue weighted by atomic mass is 79.9. The highest BCUT2D eigenvalue weighted by molar-refractivity contribution is 9.10. The number of hydrogen-bond acceptors (Lipinski definition) is 2. The van der Waals surface area contributed by atoms with Crippen LogP contribution in [0.1, 0.15) is 5.56 Å². The fraction of sp³-hybridized carbons (Fsp3) is 0.0714. The van der Waals surface area contributed by atoms with Crippen molar-refractivity contribution in [1.82, 2.24) is 0 Å². The molecule has 0 aliphatic carbocycles. The summed E-state index contributed by atoms with van der Waals surface area (Å²) in [4.78, 5) is 11.9. The number of anilines is 2. The van der Waals surface area contributed by atoms with Crippen LogP contribution in [0.15, 0.2) is 40.9 Å². The van der Waals surface area contributed by atoms with E-state index in [0.29, 0.717) is 26.4 Å². The third-order valence-electron chi connectivity index (χ3n) is 2.65. The monoisotopic (exact) mass is 372 g/mol. The quantitative estimate of drug-likeness (QED) is 0.748. The van der Waals surface area contributed by atoms with E-state index >= 15 is 0 Å². The Hall–Kier alpha value is -1.63. The van der Waals surface area contributed by atoms with Gasteiger partial charge in [0, 0.05) is 26.4 Å². The second-order valence-electron chi connectivity index (χ2n) is 4.16. The van der Waals surface area contributed by atoms with Gasteiger partial charge in [0.05, 0.1) is 6.61 Å². The van der Waals surface area contributed by atoms with E-state index in [2.05, 4.69) is 26.6 Å². The molecular weight excluding hydrogens is 363 g/mol. The molecule has 7 heteroatoms. The van der Waals surface area contributed by atoms with E-state index in [1.165, 1.54) is 12.1 Å². The third kappa shape index (κ3) is 4.17. The highest BCUT2D eigenvalue weighted by Crippen LogP contribution is 2.25. The molecule has 0 unspecified atom stereocenters. The van der Waals surface area contributed by atoms with Gasteiger partial charge in [-0.3, -0.25) is 0 Å². The van der Waals surface area contributed by atoms with Crippen molar-refractivity contribution in [3.63, 3.8) is 0 Å². The number of aliphatic hydroxyl groups excluding tert-OH is 1. The van der Waals surface area contributed by atoms with Crippen LogP contribution in [0.25, 0.3) is 0 Å². The highest BCUT2D eigenvalue weighted by Gasteiger charge is 2.10. The van der Waals surface area contributed by atoms with Crippen molar-refractivity contribution in [1.29, 1.82) is 0 Å². The SMILES string of the molecule is O=C(Nc1cc(F)cc(Br)c1)Nc1cccc(Cl)c1CO. The van der Waals surface area contributed by atoms with Gasteiger partial charge in [0.25, 0.3) is 0 Å². The predicted molar refractivity (Wildman–Crippen MR) is 84.1 cm³/mol. The van der Waals surface area contributed by atoms with Gasteiger partial charge in [0.1, 0.15) is 5.82 Å². The second-order valence-corrected chi connectivity index (χ2v) is 5.48. The molecule has 3 N–H and O–H groups in total. The minimum atomic E-state index is -0.565. The Balaban J connectivity index is 2.13. The molecule has 2 aromatic carbocycles. The smallest absolute Gasteiger partial charge is 0.323 e. The van der Waals surface area contributed by atoms with Crippen LogP contribution in [0, 0.1) is 5.82 Å². The van der Waals surface area contributed by atoms with Crippen molar-refractivity contribution in [2.75, 3.05) is 10.6 Å². The average Bonchev–Trinajstić information content (AvgIpc) is 2.37.